The summed E-state index contributed by atoms with van der Waals surface area (Å²) in [5.41, 5.74) is 0.454. The molecule has 1 atom stereocenters. The molecule has 0 saturated heterocycles. The highest BCUT2D eigenvalue weighted by Crippen LogP contribution is 2.38. The Labute approximate surface area is 166 Å². The predicted octanol–water partition coefficient (Wildman–Crippen LogP) is 4.44. The number of hydrogen-bond acceptors (Lipinski definition) is 5. The Hall–Kier alpha value is -2.46. The molecule has 1 fully saturated rings. The Morgan fingerprint density at radius 1 is 1.44 bits per heavy atom. The fourth-order valence-corrected chi connectivity index (χ4v) is 3.56. The summed E-state index contributed by atoms with van der Waals surface area (Å²) < 4.78 is 17.4. The molecule has 1 unspecified atom stereocenters. The highest BCUT2D eigenvalue weighted by molar-refractivity contribution is 9.10. The molecule has 1 saturated carbocycles. The van der Waals surface area contributed by atoms with E-state index in [1.165, 1.54) is 0 Å². The van der Waals surface area contributed by atoms with Gasteiger partial charge in [0.1, 0.15) is 5.76 Å². The SMILES string of the molecule is CCOc1cc(C#N)cc(Br)c1OCC(=O)N(C1CC1)C(C)c1ccco1. The van der Waals surface area contributed by atoms with Crippen molar-refractivity contribution in [1.29, 1.82) is 5.26 Å². The molecule has 1 aliphatic rings. The smallest absolute Gasteiger partial charge is 0.261 e. The van der Waals surface area contributed by atoms with E-state index in [0.717, 1.165) is 18.6 Å². The van der Waals surface area contributed by atoms with Crippen LogP contribution in [-0.2, 0) is 4.79 Å². The topological polar surface area (TPSA) is 75.7 Å². The van der Waals surface area contributed by atoms with Crippen LogP contribution in [0.1, 0.15) is 44.1 Å². The van der Waals surface area contributed by atoms with Crippen LogP contribution in [0.5, 0.6) is 11.5 Å². The summed E-state index contributed by atoms with van der Waals surface area (Å²) in [6.45, 7) is 4.11. The van der Waals surface area contributed by atoms with Crippen LogP contribution in [0.4, 0.5) is 0 Å². The van der Waals surface area contributed by atoms with E-state index in [9.17, 15) is 4.79 Å². The number of nitriles is 1. The van der Waals surface area contributed by atoms with E-state index in [2.05, 4.69) is 22.0 Å². The second-order valence-corrected chi connectivity index (χ2v) is 7.20. The van der Waals surface area contributed by atoms with Crippen LogP contribution in [0.3, 0.4) is 0 Å². The molecule has 0 bridgehead atoms. The lowest BCUT2D eigenvalue weighted by molar-refractivity contribution is -0.136. The van der Waals surface area contributed by atoms with Gasteiger partial charge in [0, 0.05) is 12.1 Å². The average molecular weight is 433 g/mol. The molecule has 3 rings (SSSR count). The Morgan fingerprint density at radius 3 is 2.81 bits per heavy atom. The lowest BCUT2D eigenvalue weighted by Crippen LogP contribution is -2.38. The highest BCUT2D eigenvalue weighted by atomic mass is 79.9. The van der Waals surface area contributed by atoms with E-state index in [0.29, 0.717) is 28.1 Å². The van der Waals surface area contributed by atoms with Gasteiger partial charge < -0.3 is 18.8 Å². The summed E-state index contributed by atoms with van der Waals surface area (Å²) in [6.07, 6.45) is 3.59. The van der Waals surface area contributed by atoms with Crippen LogP contribution in [0.25, 0.3) is 0 Å². The van der Waals surface area contributed by atoms with Crippen LogP contribution >= 0.6 is 15.9 Å². The van der Waals surface area contributed by atoms with Gasteiger partial charge in [-0.05, 0) is 60.8 Å². The van der Waals surface area contributed by atoms with Gasteiger partial charge in [0.25, 0.3) is 5.91 Å². The zero-order valence-corrected chi connectivity index (χ0v) is 16.9. The lowest BCUT2D eigenvalue weighted by Gasteiger charge is -2.28. The fraction of sp³-hybridized carbons (Fsp3) is 0.400. The molecule has 6 nitrogen and oxygen atoms in total. The standard InChI is InChI=1S/C20H21BrN2O4/c1-3-25-18-10-14(11-22)9-16(21)20(18)27-12-19(24)23(15-6-7-15)13(2)17-5-4-8-26-17/h4-5,8-10,13,15H,3,6-7,12H2,1-2H3. The first-order valence-electron chi connectivity index (χ1n) is 8.89. The molecule has 0 aliphatic heterocycles. The predicted molar refractivity (Wildman–Crippen MR) is 103 cm³/mol. The largest absolute Gasteiger partial charge is 0.490 e. The molecule has 142 valence electrons. The number of nitrogens with zero attached hydrogens (tertiary/aromatic N) is 2. The van der Waals surface area contributed by atoms with Gasteiger partial charge in [0.15, 0.2) is 18.1 Å². The number of rotatable bonds is 8. The van der Waals surface area contributed by atoms with E-state index in [1.54, 1.807) is 18.4 Å². The monoisotopic (exact) mass is 432 g/mol. The third-order valence-corrected chi connectivity index (χ3v) is 4.97. The summed E-state index contributed by atoms with van der Waals surface area (Å²) in [5.74, 6) is 1.50. The molecule has 1 aromatic carbocycles. The first-order chi connectivity index (χ1) is 13.0. The maximum Gasteiger partial charge on any atom is 0.261 e. The van der Waals surface area contributed by atoms with Crippen LogP contribution < -0.4 is 9.47 Å². The summed E-state index contributed by atoms with van der Waals surface area (Å²) in [4.78, 5) is 14.7. The van der Waals surface area contributed by atoms with E-state index >= 15 is 0 Å². The van der Waals surface area contributed by atoms with E-state index < -0.39 is 0 Å². The minimum Gasteiger partial charge on any atom is -0.490 e. The fourth-order valence-electron chi connectivity index (χ4n) is 3.00. The molecule has 1 aliphatic carbocycles. The normalized spacial score (nSPS) is 14.3. The summed E-state index contributed by atoms with van der Waals surface area (Å²) >= 11 is 3.40. The van der Waals surface area contributed by atoms with Crippen molar-refractivity contribution in [3.63, 3.8) is 0 Å². The van der Waals surface area contributed by atoms with Crippen LogP contribution in [-0.4, -0.2) is 30.1 Å². The Bertz CT molecular complexity index is 840. The molecule has 27 heavy (non-hydrogen) atoms. The molecule has 7 heteroatoms. The molecule has 0 N–H and O–H groups in total. The van der Waals surface area contributed by atoms with Crippen molar-refractivity contribution < 1.29 is 18.7 Å². The van der Waals surface area contributed by atoms with Gasteiger partial charge in [-0.2, -0.15) is 5.26 Å². The molecule has 1 amide bonds. The van der Waals surface area contributed by atoms with E-state index in [1.807, 2.05) is 30.9 Å². The Morgan fingerprint density at radius 2 is 2.22 bits per heavy atom. The quantitative estimate of drug-likeness (QED) is 0.615. The first-order valence-corrected chi connectivity index (χ1v) is 9.68. The molecule has 0 spiro atoms. The van der Waals surface area contributed by atoms with Gasteiger partial charge in [-0.1, -0.05) is 0 Å². The number of carbonyl (C=O) groups excluding carboxylic acids is 1. The van der Waals surface area contributed by atoms with Gasteiger partial charge in [-0.3, -0.25) is 4.79 Å². The van der Waals surface area contributed by atoms with Crippen molar-refractivity contribution in [1.82, 2.24) is 4.90 Å². The summed E-state index contributed by atoms with van der Waals surface area (Å²) in [5, 5.41) is 9.12. The number of hydrogen-bond donors (Lipinski definition) is 0. The second-order valence-electron chi connectivity index (χ2n) is 6.34. The average Bonchev–Trinajstić information content (AvgIpc) is 3.32. The van der Waals surface area contributed by atoms with Gasteiger partial charge in [0.05, 0.1) is 35.0 Å². The molecule has 2 aromatic rings. The van der Waals surface area contributed by atoms with Crippen LogP contribution in [0.15, 0.2) is 39.4 Å². The molecular formula is C20H21BrN2O4. The van der Waals surface area contributed by atoms with Crippen molar-refractivity contribution in [2.45, 2.75) is 38.8 Å². The van der Waals surface area contributed by atoms with Gasteiger partial charge in [-0.25, -0.2) is 0 Å². The molecule has 1 aromatic heterocycles. The van der Waals surface area contributed by atoms with Crippen molar-refractivity contribution >= 4 is 21.8 Å². The third-order valence-electron chi connectivity index (χ3n) is 4.38. The lowest BCUT2D eigenvalue weighted by atomic mass is 10.2. The van der Waals surface area contributed by atoms with E-state index in [4.69, 9.17) is 19.2 Å². The van der Waals surface area contributed by atoms with E-state index in [-0.39, 0.29) is 24.6 Å². The van der Waals surface area contributed by atoms with Crippen molar-refractivity contribution in [3.8, 4) is 17.6 Å². The second kappa shape index (κ2) is 8.49. The molecule has 0 radical (unpaired) electrons. The Balaban J connectivity index is 1.75. The van der Waals surface area contributed by atoms with Crippen LogP contribution in [0.2, 0.25) is 0 Å². The van der Waals surface area contributed by atoms with Crippen molar-refractivity contribution in [3.05, 3.63) is 46.3 Å². The maximum absolute atomic E-state index is 12.9. The minimum atomic E-state index is -0.153. The number of furan rings is 1. The number of carbonyl (C=O) groups is 1. The van der Waals surface area contributed by atoms with Crippen molar-refractivity contribution in [2.75, 3.05) is 13.2 Å². The van der Waals surface area contributed by atoms with Gasteiger partial charge >= 0.3 is 0 Å². The number of amides is 1. The van der Waals surface area contributed by atoms with Crippen LogP contribution in [0, 0.1) is 11.3 Å². The zero-order chi connectivity index (χ0) is 19.4. The number of halogens is 1. The van der Waals surface area contributed by atoms with Gasteiger partial charge in [-0.15, -0.1) is 0 Å². The summed E-state index contributed by atoms with van der Waals surface area (Å²) in [7, 11) is 0. The first kappa shape index (κ1) is 19.3. The van der Waals surface area contributed by atoms with Gasteiger partial charge in [0.2, 0.25) is 0 Å². The summed E-state index contributed by atoms with van der Waals surface area (Å²) in [6, 6.07) is 9.09. The number of ether oxygens (including phenoxy) is 2. The molecule has 1 heterocycles. The maximum atomic E-state index is 12.9. The van der Waals surface area contributed by atoms with Crippen molar-refractivity contribution in [2.24, 2.45) is 0 Å². The number of benzene rings is 1. The molecular weight excluding hydrogens is 412 g/mol. The zero-order valence-electron chi connectivity index (χ0n) is 15.3. The third kappa shape index (κ3) is 4.45. The minimum absolute atomic E-state index is 0.111. The highest BCUT2D eigenvalue weighted by Gasteiger charge is 2.37. The Kier molecular flexibility index (Phi) is 6.07.